The first-order chi connectivity index (χ1) is 14.9. The maximum atomic E-state index is 13.6. The van der Waals surface area contributed by atoms with Crippen LogP contribution in [0.25, 0.3) is 0 Å². The number of nitrogens with one attached hydrogen (secondary N) is 1. The summed E-state index contributed by atoms with van der Waals surface area (Å²) in [4.78, 5) is 15.6. The molecule has 1 N–H and O–H groups in total. The minimum Gasteiger partial charge on any atom is -0.491 e. The van der Waals surface area contributed by atoms with Gasteiger partial charge in [-0.2, -0.15) is 0 Å². The van der Waals surface area contributed by atoms with Crippen molar-refractivity contribution in [2.24, 2.45) is 0 Å². The van der Waals surface area contributed by atoms with Crippen molar-refractivity contribution in [2.45, 2.75) is 33.2 Å². The predicted molar refractivity (Wildman–Crippen MR) is 128 cm³/mol. The SMILES string of the molecule is CCCN1C(=S)NC(c2cc(Cl)c(OC)c(OCC)c2)C(C(=O)c2ccccc2)=C1C. The molecule has 0 aromatic heterocycles. The first kappa shape index (κ1) is 23.1. The second kappa shape index (κ2) is 10.2. The van der Waals surface area contributed by atoms with Gasteiger partial charge in [0.25, 0.3) is 0 Å². The Balaban J connectivity index is 2.17. The summed E-state index contributed by atoms with van der Waals surface area (Å²) in [7, 11) is 1.55. The minimum atomic E-state index is -0.462. The van der Waals surface area contributed by atoms with E-state index in [0.717, 1.165) is 24.2 Å². The van der Waals surface area contributed by atoms with E-state index in [-0.39, 0.29) is 5.78 Å². The average molecular weight is 459 g/mol. The zero-order valence-electron chi connectivity index (χ0n) is 18.2. The standard InChI is InChI=1S/C24H27ClN2O3S/c1-5-12-27-15(3)20(22(28)16-10-8-7-9-11-16)21(26-24(27)31)17-13-18(25)23(29-4)19(14-17)30-6-2/h7-11,13-14,21H,5-6,12H2,1-4H3,(H,26,31). The van der Waals surface area contributed by atoms with Crippen molar-refractivity contribution < 1.29 is 14.3 Å². The summed E-state index contributed by atoms with van der Waals surface area (Å²) in [5.74, 6) is 0.944. The lowest BCUT2D eigenvalue weighted by molar-refractivity contribution is 0.102. The normalized spacial score (nSPS) is 16.2. The Morgan fingerprint density at radius 3 is 2.55 bits per heavy atom. The molecule has 0 amide bonds. The zero-order valence-corrected chi connectivity index (χ0v) is 19.8. The maximum Gasteiger partial charge on any atom is 0.193 e. The molecule has 1 atom stereocenters. The third-order valence-corrected chi connectivity index (χ3v) is 5.81. The molecule has 1 heterocycles. The van der Waals surface area contributed by atoms with Crippen molar-refractivity contribution in [1.29, 1.82) is 0 Å². The fourth-order valence-corrected chi connectivity index (χ4v) is 4.42. The molecule has 0 aliphatic carbocycles. The molecule has 0 spiro atoms. The third-order valence-electron chi connectivity index (χ3n) is 5.19. The summed E-state index contributed by atoms with van der Waals surface area (Å²) < 4.78 is 11.2. The fourth-order valence-electron chi connectivity index (χ4n) is 3.78. The van der Waals surface area contributed by atoms with Gasteiger partial charge in [0.2, 0.25) is 0 Å². The minimum absolute atomic E-state index is 0.0518. The molecule has 0 bridgehead atoms. The second-order valence-electron chi connectivity index (χ2n) is 7.20. The molecule has 1 unspecified atom stereocenters. The Hall–Kier alpha value is -2.57. The van der Waals surface area contributed by atoms with E-state index >= 15 is 0 Å². The van der Waals surface area contributed by atoms with E-state index < -0.39 is 6.04 Å². The number of halogens is 1. The summed E-state index contributed by atoms with van der Waals surface area (Å²) in [5.41, 5.74) is 2.88. The first-order valence-corrected chi connectivity index (χ1v) is 11.1. The lowest BCUT2D eigenvalue weighted by Crippen LogP contribution is -2.47. The van der Waals surface area contributed by atoms with Crippen LogP contribution >= 0.6 is 23.8 Å². The van der Waals surface area contributed by atoms with Crippen molar-refractivity contribution in [3.8, 4) is 11.5 Å². The third kappa shape index (κ3) is 4.70. The molecule has 31 heavy (non-hydrogen) atoms. The van der Waals surface area contributed by atoms with Gasteiger partial charge in [-0.25, -0.2) is 0 Å². The maximum absolute atomic E-state index is 13.6. The van der Waals surface area contributed by atoms with Crippen molar-refractivity contribution in [2.75, 3.05) is 20.3 Å². The Kier molecular flexibility index (Phi) is 7.57. The number of carbonyl (C=O) groups is 1. The van der Waals surface area contributed by atoms with Gasteiger partial charge in [0.15, 0.2) is 22.4 Å². The highest BCUT2D eigenvalue weighted by atomic mass is 35.5. The molecule has 0 radical (unpaired) electrons. The number of carbonyl (C=O) groups excluding carboxylic acids is 1. The highest BCUT2D eigenvalue weighted by Gasteiger charge is 2.34. The molecule has 0 saturated heterocycles. The van der Waals surface area contributed by atoms with Crippen LogP contribution in [0.1, 0.15) is 49.2 Å². The quantitative estimate of drug-likeness (QED) is 0.413. The number of hydrogen-bond acceptors (Lipinski definition) is 4. The lowest BCUT2D eigenvalue weighted by Gasteiger charge is -2.38. The average Bonchev–Trinajstić information content (AvgIpc) is 2.76. The van der Waals surface area contributed by atoms with Crippen LogP contribution in [0, 0.1) is 0 Å². The van der Waals surface area contributed by atoms with Crippen molar-refractivity contribution in [1.82, 2.24) is 10.2 Å². The Bertz CT molecular complexity index is 1010. The van der Waals surface area contributed by atoms with E-state index in [4.69, 9.17) is 33.3 Å². The van der Waals surface area contributed by atoms with Gasteiger partial charge in [0.1, 0.15) is 0 Å². The molecule has 0 saturated carbocycles. The molecule has 2 aromatic rings. The fraction of sp³-hybridized carbons (Fsp3) is 0.333. The van der Waals surface area contributed by atoms with Gasteiger partial charge in [-0.3, -0.25) is 4.79 Å². The largest absolute Gasteiger partial charge is 0.491 e. The van der Waals surface area contributed by atoms with E-state index in [9.17, 15) is 4.79 Å². The van der Waals surface area contributed by atoms with Crippen LogP contribution < -0.4 is 14.8 Å². The number of thiocarbonyl (C=S) groups is 1. The summed E-state index contributed by atoms with van der Waals surface area (Å²) in [5, 5.41) is 4.35. The van der Waals surface area contributed by atoms with E-state index in [1.54, 1.807) is 13.2 Å². The highest BCUT2D eigenvalue weighted by Crippen LogP contribution is 2.41. The molecule has 3 rings (SSSR count). The Morgan fingerprint density at radius 1 is 1.23 bits per heavy atom. The number of benzene rings is 2. The molecule has 1 aliphatic rings. The summed E-state index contributed by atoms with van der Waals surface area (Å²) in [6, 6.07) is 12.5. The number of nitrogens with zero attached hydrogens (tertiary/aromatic N) is 1. The Labute approximate surface area is 194 Å². The second-order valence-corrected chi connectivity index (χ2v) is 7.99. The van der Waals surface area contributed by atoms with Gasteiger partial charge in [0.05, 0.1) is 24.8 Å². The Morgan fingerprint density at radius 2 is 1.94 bits per heavy atom. The summed E-state index contributed by atoms with van der Waals surface area (Å²) in [6.45, 7) is 7.11. The number of ketones is 1. The highest BCUT2D eigenvalue weighted by molar-refractivity contribution is 7.80. The summed E-state index contributed by atoms with van der Waals surface area (Å²) >= 11 is 12.2. The van der Waals surface area contributed by atoms with E-state index in [2.05, 4.69) is 12.2 Å². The summed E-state index contributed by atoms with van der Waals surface area (Å²) in [6.07, 6.45) is 0.902. The van der Waals surface area contributed by atoms with Crippen LogP contribution in [0.4, 0.5) is 0 Å². The molecule has 2 aromatic carbocycles. The van der Waals surface area contributed by atoms with Crippen LogP contribution in [-0.2, 0) is 0 Å². The van der Waals surface area contributed by atoms with Gasteiger partial charge >= 0.3 is 0 Å². The topological polar surface area (TPSA) is 50.8 Å². The van der Waals surface area contributed by atoms with Crippen molar-refractivity contribution in [3.05, 3.63) is 69.9 Å². The van der Waals surface area contributed by atoms with Crippen LogP contribution in [0.5, 0.6) is 11.5 Å². The van der Waals surface area contributed by atoms with Gasteiger partial charge in [-0.1, -0.05) is 48.9 Å². The van der Waals surface area contributed by atoms with Crippen LogP contribution in [0.2, 0.25) is 5.02 Å². The van der Waals surface area contributed by atoms with Gasteiger partial charge in [-0.05, 0) is 50.2 Å². The van der Waals surface area contributed by atoms with Crippen molar-refractivity contribution >= 4 is 34.7 Å². The van der Waals surface area contributed by atoms with Crippen LogP contribution in [0.3, 0.4) is 0 Å². The number of methoxy groups -OCH3 is 1. The smallest absolute Gasteiger partial charge is 0.193 e. The van der Waals surface area contributed by atoms with Crippen molar-refractivity contribution in [3.63, 3.8) is 0 Å². The lowest BCUT2D eigenvalue weighted by atomic mass is 9.89. The molecule has 0 fully saturated rings. The number of rotatable bonds is 8. The number of Topliss-reactive ketones (excluding diaryl/α,β-unsaturated/α-hetero) is 1. The molecular weight excluding hydrogens is 432 g/mol. The van der Waals surface area contributed by atoms with E-state index in [1.165, 1.54) is 0 Å². The van der Waals surface area contributed by atoms with E-state index in [1.807, 2.05) is 55.1 Å². The number of allylic oxidation sites excluding steroid dienone is 1. The monoisotopic (exact) mass is 458 g/mol. The molecule has 7 heteroatoms. The molecule has 164 valence electrons. The molecule has 5 nitrogen and oxygen atoms in total. The molecule has 1 aliphatic heterocycles. The van der Waals surface area contributed by atoms with Gasteiger partial charge in [0, 0.05) is 23.4 Å². The van der Waals surface area contributed by atoms with Gasteiger partial charge in [-0.15, -0.1) is 0 Å². The van der Waals surface area contributed by atoms with Crippen LogP contribution in [-0.4, -0.2) is 36.1 Å². The number of ether oxygens (including phenoxy) is 2. The number of hydrogen-bond donors (Lipinski definition) is 1. The van der Waals surface area contributed by atoms with Gasteiger partial charge < -0.3 is 19.7 Å². The van der Waals surface area contributed by atoms with Crippen LogP contribution in [0.15, 0.2) is 53.7 Å². The first-order valence-electron chi connectivity index (χ1n) is 10.3. The predicted octanol–water partition coefficient (Wildman–Crippen LogP) is 5.55. The molecular formula is C24H27ClN2O3S. The zero-order chi connectivity index (χ0) is 22.5. The van der Waals surface area contributed by atoms with E-state index in [0.29, 0.717) is 39.4 Å².